The Hall–Kier alpha value is -0.420. The summed E-state index contributed by atoms with van der Waals surface area (Å²) in [5.74, 6) is 0. The van der Waals surface area contributed by atoms with Gasteiger partial charge in [-0.3, -0.25) is 4.90 Å². The van der Waals surface area contributed by atoms with Crippen LogP contribution in [0.25, 0.3) is 0 Å². The number of aryl methyl sites for hydroxylation is 1. The highest BCUT2D eigenvalue weighted by Gasteiger charge is 2.18. The van der Waals surface area contributed by atoms with E-state index in [0.29, 0.717) is 12.1 Å². The summed E-state index contributed by atoms with van der Waals surface area (Å²) >= 11 is 1.92. The van der Waals surface area contributed by atoms with E-state index in [-0.39, 0.29) is 0 Å². The van der Waals surface area contributed by atoms with Crippen molar-refractivity contribution in [3.8, 4) is 0 Å². The second-order valence-electron chi connectivity index (χ2n) is 6.16. The molecule has 2 rings (SSSR count). The Morgan fingerprint density at radius 3 is 2.95 bits per heavy atom. The molecule has 0 bridgehead atoms. The summed E-state index contributed by atoms with van der Waals surface area (Å²) in [6, 6.07) is 2.91. The van der Waals surface area contributed by atoms with E-state index >= 15 is 0 Å². The van der Waals surface area contributed by atoms with Gasteiger partial charge in [0.05, 0.1) is 6.10 Å². The molecule has 114 valence electrons. The Morgan fingerprint density at radius 2 is 2.30 bits per heavy atom. The normalized spacial score (nSPS) is 19.4. The molecule has 1 aromatic rings. The summed E-state index contributed by atoms with van der Waals surface area (Å²) in [6.07, 6.45) is 2.89. The van der Waals surface area contributed by atoms with Gasteiger partial charge in [0.15, 0.2) is 0 Å². The zero-order valence-corrected chi connectivity index (χ0v) is 14.1. The number of rotatable bonds is 7. The van der Waals surface area contributed by atoms with E-state index in [1.165, 1.54) is 28.2 Å². The second kappa shape index (κ2) is 7.55. The molecule has 0 amide bonds. The summed E-state index contributed by atoms with van der Waals surface area (Å²) < 4.78 is 5.71. The molecular weight excluding hydrogens is 268 g/mol. The number of hydrogen-bond donors (Lipinski definition) is 1. The van der Waals surface area contributed by atoms with Crippen molar-refractivity contribution < 1.29 is 4.74 Å². The Kier molecular flexibility index (Phi) is 6.02. The third-order valence-corrected chi connectivity index (χ3v) is 4.83. The maximum Gasteiger partial charge on any atom is 0.0702 e. The molecule has 0 aromatic carbocycles. The smallest absolute Gasteiger partial charge is 0.0702 e. The lowest BCUT2D eigenvalue weighted by molar-refractivity contribution is 0.0793. The number of likely N-dealkylation sites (N-methyl/N-ethyl adjacent to an activating group) is 1. The van der Waals surface area contributed by atoms with Crippen LogP contribution in [-0.2, 0) is 17.8 Å². The lowest BCUT2D eigenvalue weighted by Gasteiger charge is -2.20. The van der Waals surface area contributed by atoms with Crippen LogP contribution in [0.5, 0.6) is 0 Å². The molecule has 1 aliphatic heterocycles. The fourth-order valence-electron chi connectivity index (χ4n) is 2.63. The maximum atomic E-state index is 5.71. The summed E-state index contributed by atoms with van der Waals surface area (Å²) in [4.78, 5) is 5.28. The van der Waals surface area contributed by atoms with Crippen molar-refractivity contribution in [3.05, 3.63) is 21.4 Å². The number of ether oxygens (including phenoxy) is 1. The van der Waals surface area contributed by atoms with E-state index in [9.17, 15) is 0 Å². The van der Waals surface area contributed by atoms with Gasteiger partial charge in [-0.1, -0.05) is 13.8 Å². The van der Waals surface area contributed by atoms with Gasteiger partial charge in [0.1, 0.15) is 0 Å². The van der Waals surface area contributed by atoms with Crippen LogP contribution in [-0.4, -0.2) is 37.2 Å². The number of nitrogens with one attached hydrogen (secondary N) is 1. The molecule has 20 heavy (non-hydrogen) atoms. The van der Waals surface area contributed by atoms with Gasteiger partial charge < -0.3 is 10.1 Å². The summed E-state index contributed by atoms with van der Waals surface area (Å²) in [5.41, 5.74) is 1.47. The predicted molar refractivity (Wildman–Crippen MR) is 86.3 cm³/mol. The average molecular weight is 296 g/mol. The number of thiophene rings is 1. The van der Waals surface area contributed by atoms with E-state index in [1.54, 1.807) is 0 Å². The first-order valence-electron chi connectivity index (χ1n) is 7.66. The molecular formula is C16H28N2OS. The molecule has 1 unspecified atom stereocenters. The quantitative estimate of drug-likeness (QED) is 0.836. The van der Waals surface area contributed by atoms with Crippen LogP contribution in [0, 0.1) is 6.92 Å². The molecule has 0 radical (unpaired) electrons. The molecule has 3 nitrogen and oxygen atoms in total. The first-order valence-corrected chi connectivity index (χ1v) is 8.48. The molecule has 0 spiro atoms. The first-order chi connectivity index (χ1) is 9.54. The molecule has 1 saturated heterocycles. The fourth-order valence-corrected chi connectivity index (χ4v) is 3.63. The van der Waals surface area contributed by atoms with Crippen LogP contribution in [0.3, 0.4) is 0 Å². The topological polar surface area (TPSA) is 24.5 Å². The third-order valence-electron chi connectivity index (χ3n) is 3.74. The lowest BCUT2D eigenvalue weighted by atomic mass is 10.2. The standard InChI is InChI=1S/C16H28N2OS/c1-12(2)17-9-16-8-14(13(3)20-16)10-18(4)11-15-6-5-7-19-15/h8,12,15,17H,5-7,9-11H2,1-4H3. The summed E-state index contributed by atoms with van der Waals surface area (Å²) in [5, 5.41) is 3.49. The summed E-state index contributed by atoms with van der Waals surface area (Å²) in [7, 11) is 2.20. The third kappa shape index (κ3) is 4.85. The van der Waals surface area contributed by atoms with Gasteiger partial charge in [-0.2, -0.15) is 0 Å². The van der Waals surface area contributed by atoms with Crippen molar-refractivity contribution in [3.63, 3.8) is 0 Å². The van der Waals surface area contributed by atoms with Gasteiger partial charge in [-0.15, -0.1) is 11.3 Å². The predicted octanol–water partition coefficient (Wildman–Crippen LogP) is 3.17. The monoisotopic (exact) mass is 296 g/mol. The largest absolute Gasteiger partial charge is 0.377 e. The highest BCUT2D eigenvalue weighted by molar-refractivity contribution is 7.12. The molecule has 1 aliphatic rings. The molecule has 4 heteroatoms. The lowest BCUT2D eigenvalue weighted by Crippen LogP contribution is -2.28. The van der Waals surface area contributed by atoms with Gasteiger partial charge in [0.2, 0.25) is 0 Å². The van der Waals surface area contributed by atoms with Crippen molar-refractivity contribution in [1.82, 2.24) is 10.2 Å². The van der Waals surface area contributed by atoms with Crippen LogP contribution in [0.4, 0.5) is 0 Å². The van der Waals surface area contributed by atoms with E-state index in [4.69, 9.17) is 4.74 Å². The molecule has 0 saturated carbocycles. The Labute approximate surface area is 127 Å². The fraction of sp³-hybridized carbons (Fsp3) is 0.750. The van der Waals surface area contributed by atoms with Gasteiger partial charge in [0, 0.05) is 42.0 Å². The average Bonchev–Trinajstić information content (AvgIpc) is 2.98. The van der Waals surface area contributed by atoms with E-state index < -0.39 is 0 Å². The molecule has 1 aromatic heterocycles. The minimum absolute atomic E-state index is 0.445. The van der Waals surface area contributed by atoms with Gasteiger partial charge >= 0.3 is 0 Å². The van der Waals surface area contributed by atoms with Crippen molar-refractivity contribution in [1.29, 1.82) is 0 Å². The van der Waals surface area contributed by atoms with Gasteiger partial charge in [0.25, 0.3) is 0 Å². The van der Waals surface area contributed by atoms with Crippen LogP contribution in [0.2, 0.25) is 0 Å². The zero-order valence-electron chi connectivity index (χ0n) is 13.2. The van der Waals surface area contributed by atoms with Crippen molar-refractivity contribution in [2.75, 3.05) is 20.2 Å². The molecule has 2 heterocycles. The maximum absolute atomic E-state index is 5.71. The molecule has 1 atom stereocenters. The van der Waals surface area contributed by atoms with E-state index in [2.05, 4.69) is 44.1 Å². The Morgan fingerprint density at radius 1 is 1.50 bits per heavy atom. The van der Waals surface area contributed by atoms with E-state index in [1.807, 2.05) is 11.3 Å². The number of nitrogens with zero attached hydrogens (tertiary/aromatic N) is 1. The van der Waals surface area contributed by atoms with Crippen molar-refractivity contribution in [2.24, 2.45) is 0 Å². The zero-order chi connectivity index (χ0) is 14.5. The van der Waals surface area contributed by atoms with Crippen molar-refractivity contribution in [2.45, 2.75) is 58.8 Å². The highest BCUT2D eigenvalue weighted by atomic mass is 32.1. The highest BCUT2D eigenvalue weighted by Crippen LogP contribution is 2.23. The SMILES string of the molecule is Cc1sc(CNC(C)C)cc1CN(C)CC1CCCO1. The van der Waals surface area contributed by atoms with Crippen LogP contribution in [0.15, 0.2) is 6.07 Å². The van der Waals surface area contributed by atoms with Gasteiger partial charge in [-0.25, -0.2) is 0 Å². The van der Waals surface area contributed by atoms with Gasteiger partial charge in [-0.05, 0) is 38.4 Å². The Bertz CT molecular complexity index is 411. The minimum Gasteiger partial charge on any atom is -0.377 e. The van der Waals surface area contributed by atoms with Crippen LogP contribution in [0.1, 0.15) is 42.0 Å². The first kappa shape index (κ1) is 16.0. The Balaban J connectivity index is 1.84. The van der Waals surface area contributed by atoms with E-state index in [0.717, 1.165) is 26.2 Å². The number of hydrogen-bond acceptors (Lipinski definition) is 4. The van der Waals surface area contributed by atoms with Crippen LogP contribution < -0.4 is 5.32 Å². The molecule has 1 N–H and O–H groups in total. The molecule has 0 aliphatic carbocycles. The minimum atomic E-state index is 0.445. The summed E-state index contributed by atoms with van der Waals surface area (Å²) in [6.45, 7) is 10.6. The van der Waals surface area contributed by atoms with Crippen LogP contribution >= 0.6 is 11.3 Å². The van der Waals surface area contributed by atoms with Crippen molar-refractivity contribution >= 4 is 11.3 Å². The molecule has 1 fully saturated rings. The second-order valence-corrected chi connectivity index (χ2v) is 7.50.